The summed E-state index contributed by atoms with van der Waals surface area (Å²) in [5.41, 5.74) is 10.9. The number of rotatable bonds is 2. The van der Waals surface area contributed by atoms with E-state index >= 15 is 0 Å². The Labute approximate surface area is 326 Å². The van der Waals surface area contributed by atoms with Crippen molar-refractivity contribution in [2.45, 2.75) is 45.1 Å². The maximum absolute atomic E-state index is 10.9. The van der Waals surface area contributed by atoms with Crippen LogP contribution in [0.4, 0.5) is 0 Å². The van der Waals surface area contributed by atoms with E-state index in [2.05, 4.69) is 78.9 Å². The van der Waals surface area contributed by atoms with E-state index in [1.807, 2.05) is 97.1 Å². The standard InChI is InChI=1S/C15H14O.C15H12.C9H8O.C6H5.CH4.BrH.Mg/c16-15(14-8-2-1-3-9-14)10-12-6-4-5-7-13(12)11-15;1-2-6-12(7-3-1)15-10-13-8-4-5-9-14(13)11-15;10-9-5-7-3-1-2-4-8(7)6-9;1-2-4-6-5-3-1;;;/h1-9,16H,10-11H2;1-10H,11H2;1-4H,5-6H2;1-5H;1H4;1H;/q;;;-1;;;+2. The molecule has 6 aromatic rings. The first-order valence-electron chi connectivity index (χ1n) is 16.3. The summed E-state index contributed by atoms with van der Waals surface area (Å²) in [5.74, 6) is 0.348. The number of ketones is 1. The van der Waals surface area contributed by atoms with Crippen LogP contribution in [0.5, 0.6) is 0 Å². The molecule has 0 spiro atoms. The van der Waals surface area contributed by atoms with Gasteiger partial charge in [0, 0.05) is 25.7 Å². The van der Waals surface area contributed by atoms with Gasteiger partial charge in [0.2, 0.25) is 0 Å². The first-order valence-corrected chi connectivity index (χ1v) is 16.3. The fourth-order valence-corrected chi connectivity index (χ4v) is 6.40. The molecule has 9 rings (SSSR count). The van der Waals surface area contributed by atoms with Gasteiger partial charge in [0.25, 0.3) is 0 Å². The minimum Gasteiger partial charge on any atom is -1.00 e. The number of allylic oxidation sites excluding steroid dienone is 1. The summed E-state index contributed by atoms with van der Waals surface area (Å²) in [6.07, 6.45) is 6.12. The molecule has 0 saturated heterocycles. The van der Waals surface area contributed by atoms with Gasteiger partial charge in [0.05, 0.1) is 5.60 Å². The number of carbonyl (C=O) groups is 1. The van der Waals surface area contributed by atoms with E-state index < -0.39 is 5.60 Å². The first kappa shape index (κ1) is 40.4. The van der Waals surface area contributed by atoms with Crippen LogP contribution in [0.2, 0.25) is 0 Å². The van der Waals surface area contributed by atoms with Crippen molar-refractivity contribution in [2.75, 3.05) is 0 Å². The average Bonchev–Trinajstić information content (AvgIpc) is 3.84. The molecule has 0 heterocycles. The van der Waals surface area contributed by atoms with Gasteiger partial charge in [-0.1, -0.05) is 147 Å². The van der Waals surface area contributed by atoms with Crippen molar-refractivity contribution in [2.24, 2.45) is 0 Å². The molecule has 0 amide bonds. The third kappa shape index (κ3) is 10.7. The third-order valence-electron chi connectivity index (χ3n) is 8.81. The largest absolute Gasteiger partial charge is 2.00 e. The minimum absolute atomic E-state index is 0. The van der Waals surface area contributed by atoms with Crippen LogP contribution < -0.4 is 17.0 Å². The second kappa shape index (κ2) is 20.0. The van der Waals surface area contributed by atoms with Crippen molar-refractivity contribution in [1.29, 1.82) is 0 Å². The molecule has 0 saturated carbocycles. The summed E-state index contributed by atoms with van der Waals surface area (Å²) < 4.78 is 0. The third-order valence-corrected chi connectivity index (χ3v) is 8.81. The Morgan fingerprint density at radius 2 is 0.980 bits per heavy atom. The van der Waals surface area contributed by atoms with Crippen LogP contribution in [-0.4, -0.2) is 33.9 Å². The molecule has 0 atom stereocenters. The summed E-state index contributed by atoms with van der Waals surface area (Å²) in [6, 6.07) is 58.0. The molecule has 50 heavy (non-hydrogen) atoms. The summed E-state index contributed by atoms with van der Waals surface area (Å²) in [5, 5.41) is 10.7. The Bertz CT molecular complexity index is 1870. The predicted molar refractivity (Wildman–Crippen MR) is 206 cm³/mol. The fourth-order valence-electron chi connectivity index (χ4n) is 6.40. The SMILES string of the molecule is C.C1=C(c2ccccc2)Cc2ccccc21.O=C1Cc2ccccc2C1.OC1(c2ccccc2)Cc2ccccc2C1.[Br-].[H+].[Mg+2].[c-]1ccccc1. The van der Waals surface area contributed by atoms with E-state index in [0.717, 1.165) is 24.8 Å². The molecule has 248 valence electrons. The van der Waals surface area contributed by atoms with Crippen LogP contribution in [0.25, 0.3) is 11.6 Å². The van der Waals surface area contributed by atoms with Crippen molar-refractivity contribution in [3.8, 4) is 0 Å². The zero-order valence-corrected chi connectivity index (χ0v) is 30.6. The summed E-state index contributed by atoms with van der Waals surface area (Å²) >= 11 is 0. The Morgan fingerprint density at radius 3 is 1.46 bits per heavy atom. The molecule has 0 aromatic heterocycles. The number of Topliss-reactive ketones (excluding diaryl/α,β-unsaturated/α-hetero) is 1. The maximum atomic E-state index is 10.9. The van der Waals surface area contributed by atoms with Gasteiger partial charge in [0.15, 0.2) is 0 Å². The van der Waals surface area contributed by atoms with Crippen molar-refractivity contribution in [3.63, 3.8) is 0 Å². The Hall–Kier alpha value is -4.06. The van der Waals surface area contributed by atoms with E-state index in [1.54, 1.807) is 0 Å². The topological polar surface area (TPSA) is 37.3 Å². The normalized spacial score (nSPS) is 13.5. The summed E-state index contributed by atoms with van der Waals surface area (Å²) in [4.78, 5) is 10.9. The van der Waals surface area contributed by atoms with Gasteiger partial charge in [-0.25, -0.2) is 0 Å². The number of carbonyl (C=O) groups excluding carboxylic acids is 1. The fraction of sp³-hybridized carbons (Fsp3) is 0.152. The molecule has 0 aliphatic heterocycles. The molecule has 0 bridgehead atoms. The van der Waals surface area contributed by atoms with Crippen LogP contribution in [0, 0.1) is 6.07 Å². The van der Waals surface area contributed by atoms with Crippen LogP contribution in [0.3, 0.4) is 0 Å². The molecule has 4 heteroatoms. The van der Waals surface area contributed by atoms with Gasteiger partial charge in [-0.3, -0.25) is 4.79 Å². The van der Waals surface area contributed by atoms with Gasteiger partial charge in [0.1, 0.15) is 5.78 Å². The van der Waals surface area contributed by atoms with Crippen molar-refractivity contribution < 1.29 is 28.3 Å². The molecule has 3 aliphatic carbocycles. The molecule has 0 radical (unpaired) electrons. The van der Waals surface area contributed by atoms with Crippen molar-refractivity contribution in [3.05, 3.63) is 214 Å². The molecule has 6 aromatic carbocycles. The smallest absolute Gasteiger partial charge is 1.00 e. The monoisotopic (exact) mass is 731 g/mol. The Kier molecular flexibility index (Phi) is 16.1. The zero-order chi connectivity index (χ0) is 32.3. The Balaban J connectivity index is 0.000000241. The summed E-state index contributed by atoms with van der Waals surface area (Å²) in [7, 11) is 0. The van der Waals surface area contributed by atoms with E-state index in [4.69, 9.17) is 0 Å². The van der Waals surface area contributed by atoms with E-state index in [-0.39, 0.29) is 48.9 Å². The van der Waals surface area contributed by atoms with Crippen LogP contribution in [-0.2, 0) is 42.5 Å². The second-order valence-electron chi connectivity index (χ2n) is 12.2. The van der Waals surface area contributed by atoms with E-state index in [0.29, 0.717) is 18.6 Å². The molecule has 3 aliphatic rings. The predicted octanol–water partition coefficient (Wildman–Crippen LogP) is 6.67. The zero-order valence-electron chi connectivity index (χ0n) is 28.6. The molecule has 0 fully saturated rings. The summed E-state index contributed by atoms with van der Waals surface area (Å²) in [6.45, 7) is 0. The second-order valence-corrected chi connectivity index (χ2v) is 12.2. The van der Waals surface area contributed by atoms with Crippen LogP contribution in [0.1, 0.15) is 53.4 Å². The number of benzene rings is 6. The first-order chi connectivity index (χ1) is 23.1. The minimum atomic E-state index is -0.703. The molecule has 1 N–H and O–H groups in total. The number of hydrogen-bond acceptors (Lipinski definition) is 2. The van der Waals surface area contributed by atoms with Gasteiger partial charge in [-0.15, -0.1) is 0 Å². The van der Waals surface area contributed by atoms with Gasteiger partial charge >= 0.3 is 24.5 Å². The Morgan fingerprint density at radius 1 is 0.540 bits per heavy atom. The van der Waals surface area contributed by atoms with E-state index in [9.17, 15) is 9.90 Å². The van der Waals surface area contributed by atoms with E-state index in [1.165, 1.54) is 44.5 Å². The molecule has 0 unspecified atom stereocenters. The average molecular weight is 733 g/mol. The maximum Gasteiger partial charge on any atom is 2.00 e. The van der Waals surface area contributed by atoms with Crippen molar-refractivity contribution in [1.82, 2.24) is 0 Å². The molecular formula is C46H44BrMgO2+. The van der Waals surface area contributed by atoms with Crippen molar-refractivity contribution >= 4 is 40.5 Å². The number of aliphatic hydroxyl groups is 1. The molecular weight excluding hydrogens is 689 g/mol. The van der Waals surface area contributed by atoms with Crippen LogP contribution >= 0.6 is 0 Å². The van der Waals surface area contributed by atoms with Crippen LogP contribution in [0.15, 0.2) is 164 Å². The number of fused-ring (bicyclic) bond motifs is 3. The van der Waals surface area contributed by atoms with Gasteiger partial charge < -0.3 is 22.1 Å². The van der Waals surface area contributed by atoms with Gasteiger partial charge in [-0.05, 0) is 56.5 Å². The number of halogens is 1. The number of hydrogen-bond donors (Lipinski definition) is 1. The molecule has 2 nitrogen and oxygen atoms in total. The quantitative estimate of drug-likeness (QED) is 0.160. The van der Waals surface area contributed by atoms with Gasteiger partial charge in [-0.2, -0.15) is 36.4 Å².